The minimum absolute atomic E-state index is 0.0155. The van der Waals surface area contributed by atoms with E-state index in [2.05, 4.69) is 16.0 Å². The van der Waals surface area contributed by atoms with Gasteiger partial charge in [0.1, 0.15) is 34.9 Å². The molecule has 5 aliphatic rings. The van der Waals surface area contributed by atoms with Gasteiger partial charge in [-0.3, -0.25) is 34.6 Å². The molecule has 0 saturated carbocycles. The van der Waals surface area contributed by atoms with E-state index in [0.717, 1.165) is 6.92 Å². The molecule has 0 radical (unpaired) electrons. The molecule has 3 saturated heterocycles. The monoisotopic (exact) mass is 781 g/mol. The normalized spacial score (nSPS) is 32.4. The molecule has 18 nitrogen and oxygen atoms in total. The maximum Gasteiger partial charge on any atom is 0.328 e. The van der Waals surface area contributed by atoms with Crippen molar-refractivity contribution in [3.63, 3.8) is 0 Å². The lowest BCUT2D eigenvalue weighted by Gasteiger charge is -2.48. The molecule has 0 spiro atoms. The summed E-state index contributed by atoms with van der Waals surface area (Å²) >= 11 is 0. The predicted molar refractivity (Wildman–Crippen MR) is 188 cm³/mol. The van der Waals surface area contributed by atoms with Crippen LogP contribution in [0.3, 0.4) is 0 Å². The van der Waals surface area contributed by atoms with Crippen molar-refractivity contribution in [3.8, 4) is 17.2 Å². The summed E-state index contributed by atoms with van der Waals surface area (Å²) in [5.74, 6) is -6.76. The van der Waals surface area contributed by atoms with Crippen molar-refractivity contribution in [2.75, 3.05) is 7.11 Å². The first-order valence-electron chi connectivity index (χ1n) is 18.3. The fraction of sp³-hybridized carbons (Fsp3) is 0.526. The van der Waals surface area contributed by atoms with Crippen LogP contribution in [0.4, 0.5) is 4.79 Å². The summed E-state index contributed by atoms with van der Waals surface area (Å²) in [6, 6.07) is 1.57. The molecule has 3 heterocycles. The second kappa shape index (κ2) is 14.6. The number of hydrogen-bond donors (Lipinski definition) is 7. The van der Waals surface area contributed by atoms with Gasteiger partial charge in [0, 0.05) is 48.4 Å². The Morgan fingerprint density at radius 1 is 0.964 bits per heavy atom. The summed E-state index contributed by atoms with van der Waals surface area (Å²) in [6.07, 6.45) is -8.08. The Morgan fingerprint density at radius 3 is 2.29 bits per heavy atom. The molecule has 0 unspecified atom stereocenters. The third-order valence-electron chi connectivity index (χ3n) is 11.2. The number of rotatable bonds is 7. The quantitative estimate of drug-likeness (QED) is 0.127. The number of nitrogens with one attached hydrogen (secondary N) is 3. The van der Waals surface area contributed by atoms with Gasteiger partial charge in [0.15, 0.2) is 24.1 Å². The third kappa shape index (κ3) is 6.63. The van der Waals surface area contributed by atoms with Crippen LogP contribution < -0.4 is 20.7 Å². The lowest BCUT2D eigenvalue weighted by Crippen LogP contribution is -2.68. The number of hydrogen-bond acceptors (Lipinski definition) is 16. The smallest absolute Gasteiger partial charge is 0.328 e. The number of aliphatic hydroxyl groups is 2. The van der Waals surface area contributed by atoms with Crippen molar-refractivity contribution in [1.82, 2.24) is 16.0 Å². The molecule has 0 bridgehead atoms. The lowest BCUT2D eigenvalue weighted by molar-refractivity contribution is -0.297. The van der Waals surface area contributed by atoms with Crippen molar-refractivity contribution in [3.05, 3.63) is 51.6 Å². The SMILES string of the molecule is COc1cccc2c1C(=O)c1c(O)c3c(c(O)c1C2=O)C[C@@](O)(C(C)=O)C[C@H]3O[C@@H]1C[C@@H]2N[C@@H](C3C(=O)NC(=O)NC3=O)[C@@H](C)O[C@@H](C[C@H](C)O)O[C@@H]2[C@H](C)O1. The topological polar surface area (TPSA) is 266 Å². The highest BCUT2D eigenvalue weighted by molar-refractivity contribution is 6.31. The van der Waals surface area contributed by atoms with Gasteiger partial charge >= 0.3 is 6.03 Å². The molecule has 4 amide bonds. The Labute approximate surface area is 319 Å². The van der Waals surface area contributed by atoms with Crippen LogP contribution in [0, 0.1) is 5.92 Å². The molecule has 0 aromatic heterocycles. The molecule has 56 heavy (non-hydrogen) atoms. The number of methoxy groups -OCH3 is 1. The van der Waals surface area contributed by atoms with E-state index >= 15 is 0 Å². The molecular weight excluding hydrogens is 738 g/mol. The minimum Gasteiger partial charge on any atom is -0.507 e. The highest BCUT2D eigenvalue weighted by atomic mass is 16.7. The van der Waals surface area contributed by atoms with Crippen molar-refractivity contribution in [2.24, 2.45) is 5.92 Å². The first kappa shape index (κ1) is 39.4. The summed E-state index contributed by atoms with van der Waals surface area (Å²) in [7, 11) is 1.31. The number of phenols is 2. The van der Waals surface area contributed by atoms with Crippen molar-refractivity contribution in [1.29, 1.82) is 0 Å². The van der Waals surface area contributed by atoms with Crippen LogP contribution in [0.1, 0.15) is 96.0 Å². The average Bonchev–Trinajstić information content (AvgIpc) is 3.11. The molecule has 300 valence electrons. The van der Waals surface area contributed by atoms with Crippen LogP contribution in [0.25, 0.3) is 0 Å². The number of ketones is 3. The van der Waals surface area contributed by atoms with E-state index in [4.69, 9.17) is 23.7 Å². The second-order valence-corrected chi connectivity index (χ2v) is 15.0. The number of benzene rings is 2. The number of carbonyl (C=O) groups is 6. The Kier molecular flexibility index (Phi) is 10.3. The van der Waals surface area contributed by atoms with Crippen molar-refractivity contribution >= 4 is 35.2 Å². The number of fused-ring (bicyclic) bond motifs is 4. The summed E-state index contributed by atoms with van der Waals surface area (Å²) < 4.78 is 30.5. The molecule has 7 rings (SSSR count). The molecule has 2 aromatic rings. The molecule has 2 aliphatic carbocycles. The van der Waals surface area contributed by atoms with Crippen LogP contribution in [-0.4, -0.2) is 117 Å². The maximum absolute atomic E-state index is 14.0. The molecule has 2 aromatic carbocycles. The number of aromatic hydroxyl groups is 2. The fourth-order valence-electron chi connectivity index (χ4n) is 8.51. The van der Waals surface area contributed by atoms with Crippen LogP contribution in [-0.2, 0) is 39.8 Å². The first-order valence-corrected chi connectivity index (χ1v) is 18.3. The predicted octanol–water partition coefficient (Wildman–Crippen LogP) is 0.551. The van der Waals surface area contributed by atoms with E-state index < -0.39 is 137 Å². The number of carbonyl (C=O) groups excluding carboxylic acids is 6. The summed E-state index contributed by atoms with van der Waals surface area (Å²) in [4.78, 5) is 78.8. The molecule has 7 N–H and O–H groups in total. The lowest BCUT2D eigenvalue weighted by atomic mass is 9.72. The molecular formula is C38H43N3O15. The maximum atomic E-state index is 14.0. The zero-order chi connectivity index (χ0) is 40.5. The Bertz CT molecular complexity index is 2010. The van der Waals surface area contributed by atoms with Crippen LogP contribution in [0.2, 0.25) is 0 Å². The van der Waals surface area contributed by atoms with Gasteiger partial charge in [0.05, 0.1) is 54.3 Å². The Balaban J connectivity index is 1.27. The summed E-state index contributed by atoms with van der Waals surface area (Å²) in [6.45, 7) is 5.94. The van der Waals surface area contributed by atoms with Crippen molar-refractivity contribution < 1.29 is 72.9 Å². The van der Waals surface area contributed by atoms with Gasteiger partial charge in [-0.25, -0.2) is 4.79 Å². The number of barbiturate groups is 1. The number of Topliss-reactive ketones (excluding diaryl/α,β-unsaturated/α-hetero) is 1. The number of imide groups is 2. The fourth-order valence-corrected chi connectivity index (χ4v) is 8.51. The second-order valence-electron chi connectivity index (χ2n) is 15.0. The van der Waals surface area contributed by atoms with Gasteiger partial charge in [-0.1, -0.05) is 12.1 Å². The molecule has 18 heteroatoms. The van der Waals surface area contributed by atoms with Gasteiger partial charge in [0.2, 0.25) is 17.6 Å². The largest absolute Gasteiger partial charge is 0.507 e. The third-order valence-corrected chi connectivity index (χ3v) is 11.2. The van der Waals surface area contributed by atoms with E-state index in [1.807, 2.05) is 0 Å². The average molecular weight is 782 g/mol. The number of ether oxygens (including phenoxy) is 5. The van der Waals surface area contributed by atoms with E-state index in [9.17, 15) is 49.2 Å². The molecule has 3 fully saturated rings. The van der Waals surface area contributed by atoms with Crippen molar-refractivity contribution in [2.45, 2.75) is 114 Å². The summed E-state index contributed by atoms with van der Waals surface area (Å²) in [5, 5.41) is 53.0. The molecule has 10 atom stereocenters. The zero-order valence-corrected chi connectivity index (χ0v) is 31.1. The highest BCUT2D eigenvalue weighted by Crippen LogP contribution is 2.52. The number of amides is 4. The minimum atomic E-state index is -2.14. The van der Waals surface area contributed by atoms with Crippen LogP contribution >= 0.6 is 0 Å². The van der Waals surface area contributed by atoms with Gasteiger partial charge in [-0.2, -0.15) is 0 Å². The summed E-state index contributed by atoms with van der Waals surface area (Å²) in [5.41, 5.74) is -3.63. The van der Waals surface area contributed by atoms with Gasteiger partial charge in [-0.15, -0.1) is 0 Å². The van der Waals surface area contributed by atoms with Crippen LogP contribution in [0.5, 0.6) is 17.2 Å². The first-order chi connectivity index (χ1) is 26.4. The zero-order valence-electron chi connectivity index (χ0n) is 31.1. The van der Waals surface area contributed by atoms with Crippen LogP contribution in [0.15, 0.2) is 18.2 Å². The van der Waals surface area contributed by atoms with E-state index in [1.54, 1.807) is 13.8 Å². The van der Waals surface area contributed by atoms with Gasteiger partial charge in [-0.05, 0) is 33.8 Å². The molecule has 3 aliphatic heterocycles. The Morgan fingerprint density at radius 2 is 1.64 bits per heavy atom. The highest BCUT2D eigenvalue weighted by Gasteiger charge is 2.52. The van der Waals surface area contributed by atoms with E-state index in [1.165, 1.54) is 32.2 Å². The van der Waals surface area contributed by atoms with Gasteiger partial charge in [0.25, 0.3) is 0 Å². The van der Waals surface area contributed by atoms with Gasteiger partial charge < -0.3 is 49.4 Å². The van der Waals surface area contributed by atoms with E-state index in [-0.39, 0.29) is 40.8 Å². The number of aliphatic hydroxyl groups excluding tert-OH is 1. The number of phenolic OH excluding ortho intramolecular Hbond substituents is 2. The number of urea groups is 1. The standard InChI is InChI=1S/C38H43N3O15/c1-13(42)9-22-53-14(2)29(28-35(48)40-37(50)41-36(28)49)39-19-10-23(54-15(3)34(19)56-22)55-21-12-38(51,16(4)43)11-18-25(21)33(47)27-26(31(18)45)30(44)17-7-6-8-20(52-5)24(17)32(27)46/h6-8,13-15,19,21-23,28-29,34,39,42,45,47,51H,9-12H2,1-5H3,(H2,40,41,48,49,50)/t13-,14+,15-,19-,21+,22+,23+,29+,34+,38-/m0/s1. The van der Waals surface area contributed by atoms with E-state index in [0.29, 0.717) is 0 Å². The Hall–Kier alpha value is -4.82.